The average molecular weight is 353 g/mol. The van der Waals surface area contributed by atoms with Gasteiger partial charge in [-0.05, 0) is 30.5 Å². The van der Waals surface area contributed by atoms with Crippen LogP contribution in [0.4, 0.5) is 5.69 Å². The Morgan fingerprint density at radius 3 is 3.04 bits per heavy atom. The quantitative estimate of drug-likeness (QED) is 0.809. The number of aromatic nitrogens is 2. The largest absolute Gasteiger partial charge is 0.494 e. The van der Waals surface area contributed by atoms with Gasteiger partial charge in [0.1, 0.15) is 11.8 Å². The molecule has 0 aliphatic carbocycles. The van der Waals surface area contributed by atoms with Gasteiger partial charge in [0, 0.05) is 31.0 Å². The molecule has 26 heavy (non-hydrogen) atoms. The van der Waals surface area contributed by atoms with Crippen molar-refractivity contribution < 1.29 is 9.53 Å². The van der Waals surface area contributed by atoms with Crippen molar-refractivity contribution in [3.8, 4) is 5.75 Å². The van der Waals surface area contributed by atoms with E-state index in [2.05, 4.69) is 34.0 Å². The topological polar surface area (TPSA) is 71.7 Å². The number of carbonyl (C=O) groups excluding carboxylic acids is 1. The molecule has 0 radical (unpaired) electrons. The summed E-state index contributed by atoms with van der Waals surface area (Å²) in [5.41, 5.74) is 1.98. The average Bonchev–Trinajstić information content (AvgIpc) is 3.23. The summed E-state index contributed by atoms with van der Waals surface area (Å²) in [5.74, 6) is 1.76. The van der Waals surface area contributed by atoms with Crippen LogP contribution in [0.15, 0.2) is 41.9 Å². The van der Waals surface area contributed by atoms with Gasteiger partial charge >= 0.3 is 0 Å². The van der Waals surface area contributed by atoms with E-state index < -0.39 is 0 Å². The van der Waals surface area contributed by atoms with Gasteiger partial charge in [-0.3, -0.25) is 10.1 Å². The zero-order valence-corrected chi connectivity index (χ0v) is 15.1. The van der Waals surface area contributed by atoms with Crippen LogP contribution in [-0.4, -0.2) is 39.0 Å². The van der Waals surface area contributed by atoms with Crippen LogP contribution in [0.3, 0.4) is 0 Å². The lowest BCUT2D eigenvalue weighted by Crippen LogP contribution is -2.39. The molecule has 0 saturated carbocycles. The summed E-state index contributed by atoms with van der Waals surface area (Å²) in [7, 11) is 0. The van der Waals surface area contributed by atoms with Gasteiger partial charge in [0.05, 0.1) is 18.6 Å². The van der Waals surface area contributed by atoms with E-state index in [1.165, 1.54) is 0 Å². The molecule has 1 aromatic carbocycles. The number of ether oxygens (including phenoxy) is 1. The summed E-state index contributed by atoms with van der Waals surface area (Å²) < 4.78 is 7.93. The number of guanidine groups is 1. The lowest BCUT2D eigenvalue weighted by molar-refractivity contribution is -0.122. The zero-order valence-electron chi connectivity index (χ0n) is 15.1. The minimum atomic E-state index is -0.165. The molecule has 1 N–H and O–H groups in total. The molecule has 1 aromatic heterocycles. The first-order valence-corrected chi connectivity index (χ1v) is 8.99. The number of fused-ring (bicyclic) bond motifs is 2. The van der Waals surface area contributed by atoms with Crippen LogP contribution in [0, 0.1) is 5.92 Å². The summed E-state index contributed by atoms with van der Waals surface area (Å²) in [6.45, 7) is 6.31. The van der Waals surface area contributed by atoms with Crippen LogP contribution in [0.2, 0.25) is 0 Å². The second-order valence-electron chi connectivity index (χ2n) is 7.03. The number of imidazole rings is 1. The molecule has 136 valence electrons. The smallest absolute Gasteiger partial charge is 0.249 e. The minimum Gasteiger partial charge on any atom is -0.494 e. The number of hydrogen-bond acceptors (Lipinski definition) is 5. The fourth-order valence-corrected chi connectivity index (χ4v) is 3.50. The lowest BCUT2D eigenvalue weighted by atomic mass is 10.0. The molecule has 2 aliphatic rings. The molecular formula is C19H23N5O2. The first kappa shape index (κ1) is 16.6. The minimum absolute atomic E-state index is 0.0301. The molecule has 7 nitrogen and oxygen atoms in total. The molecule has 0 bridgehead atoms. The van der Waals surface area contributed by atoms with E-state index in [9.17, 15) is 4.79 Å². The third-order valence-corrected chi connectivity index (χ3v) is 4.75. The second-order valence-corrected chi connectivity index (χ2v) is 7.03. The van der Waals surface area contributed by atoms with Crippen LogP contribution in [0.5, 0.6) is 5.75 Å². The summed E-state index contributed by atoms with van der Waals surface area (Å²) in [6, 6.07) is 5.76. The molecule has 0 spiro atoms. The number of hydrogen-bond donors (Lipinski definition) is 1. The van der Waals surface area contributed by atoms with Crippen molar-refractivity contribution in [3.63, 3.8) is 0 Å². The Kier molecular flexibility index (Phi) is 4.36. The van der Waals surface area contributed by atoms with Gasteiger partial charge in [-0.1, -0.05) is 13.8 Å². The van der Waals surface area contributed by atoms with E-state index in [1.54, 1.807) is 6.20 Å². The number of nitrogens with zero attached hydrogens (tertiary/aromatic N) is 4. The highest BCUT2D eigenvalue weighted by Crippen LogP contribution is 2.33. The summed E-state index contributed by atoms with van der Waals surface area (Å²) in [6.07, 6.45) is 6.45. The maximum atomic E-state index is 12.2. The number of aliphatic imine (C=N–C) groups is 1. The number of benzene rings is 1. The predicted octanol–water partition coefficient (Wildman–Crippen LogP) is 2.31. The predicted molar refractivity (Wildman–Crippen MR) is 98.2 cm³/mol. The van der Waals surface area contributed by atoms with Crippen molar-refractivity contribution in [2.24, 2.45) is 10.9 Å². The van der Waals surface area contributed by atoms with Gasteiger partial charge in [-0.25, -0.2) is 9.98 Å². The van der Waals surface area contributed by atoms with Crippen LogP contribution < -0.4 is 10.1 Å². The van der Waals surface area contributed by atoms with E-state index in [0.29, 0.717) is 19.1 Å². The normalized spacial score (nSPS) is 18.4. The molecule has 4 rings (SSSR count). The van der Waals surface area contributed by atoms with Gasteiger partial charge in [0.2, 0.25) is 11.9 Å². The lowest BCUT2D eigenvalue weighted by Gasteiger charge is -2.29. The molecule has 2 aliphatic heterocycles. The summed E-state index contributed by atoms with van der Waals surface area (Å²) >= 11 is 0. The molecule has 1 unspecified atom stereocenters. The number of nitrogens with one attached hydrogen (secondary N) is 1. The van der Waals surface area contributed by atoms with Gasteiger partial charge in [0.25, 0.3) is 0 Å². The van der Waals surface area contributed by atoms with Crippen LogP contribution in [0.25, 0.3) is 0 Å². The number of carbonyl (C=O) groups is 1. The van der Waals surface area contributed by atoms with Crippen LogP contribution in [-0.2, 0) is 17.9 Å². The van der Waals surface area contributed by atoms with Crippen molar-refractivity contribution in [2.45, 2.75) is 39.4 Å². The Hall–Kier alpha value is -2.83. The fourth-order valence-electron chi connectivity index (χ4n) is 3.50. The van der Waals surface area contributed by atoms with Crippen molar-refractivity contribution >= 4 is 17.6 Å². The molecule has 1 atom stereocenters. The van der Waals surface area contributed by atoms with E-state index in [4.69, 9.17) is 4.74 Å². The first-order chi connectivity index (χ1) is 12.6. The molecule has 1 amide bonds. The Morgan fingerprint density at radius 1 is 1.38 bits per heavy atom. The number of amides is 1. The zero-order chi connectivity index (χ0) is 18.1. The first-order valence-electron chi connectivity index (χ1n) is 8.99. The summed E-state index contributed by atoms with van der Waals surface area (Å²) in [5, 5.41) is 2.90. The Labute approximate surface area is 152 Å². The molecule has 1 fully saturated rings. The summed E-state index contributed by atoms with van der Waals surface area (Å²) in [4.78, 5) is 22.9. The van der Waals surface area contributed by atoms with Crippen molar-refractivity contribution in [2.75, 3.05) is 6.61 Å². The SMILES string of the molecule is CC(C)C1C(=O)NC2=Nc3ccc(OCCCn4ccnc4)cc3CN21. The standard InChI is InChI=1S/C19H23N5O2/c1-13(2)17-18(25)22-19-21-16-5-4-15(10-14(16)11-24(17)19)26-9-3-7-23-8-6-20-12-23/h4-6,8,10,12-13,17H,3,7,9,11H2,1-2H3,(H,21,22,25). The highest BCUT2D eigenvalue weighted by Gasteiger charge is 2.40. The van der Waals surface area contributed by atoms with Crippen LogP contribution in [0.1, 0.15) is 25.8 Å². The molecule has 3 heterocycles. The van der Waals surface area contributed by atoms with Crippen molar-refractivity contribution in [1.82, 2.24) is 19.8 Å². The van der Waals surface area contributed by atoms with Gasteiger partial charge in [-0.2, -0.15) is 0 Å². The maximum Gasteiger partial charge on any atom is 0.249 e. The van der Waals surface area contributed by atoms with Gasteiger partial charge in [0.15, 0.2) is 0 Å². The second kappa shape index (κ2) is 6.82. The van der Waals surface area contributed by atoms with Crippen LogP contribution >= 0.6 is 0 Å². The number of aryl methyl sites for hydroxylation is 1. The van der Waals surface area contributed by atoms with E-state index in [-0.39, 0.29) is 17.9 Å². The third-order valence-electron chi connectivity index (χ3n) is 4.75. The fraction of sp³-hybridized carbons (Fsp3) is 0.421. The van der Waals surface area contributed by atoms with Gasteiger partial charge in [-0.15, -0.1) is 0 Å². The van der Waals surface area contributed by atoms with E-state index in [1.807, 2.05) is 35.3 Å². The Morgan fingerprint density at radius 2 is 2.27 bits per heavy atom. The Balaban J connectivity index is 1.41. The van der Waals surface area contributed by atoms with Crippen molar-refractivity contribution in [1.29, 1.82) is 0 Å². The molecule has 2 aromatic rings. The highest BCUT2D eigenvalue weighted by atomic mass is 16.5. The monoisotopic (exact) mass is 353 g/mol. The molecule has 1 saturated heterocycles. The third kappa shape index (κ3) is 3.16. The van der Waals surface area contributed by atoms with E-state index >= 15 is 0 Å². The number of rotatable bonds is 6. The Bertz CT molecular complexity index is 828. The van der Waals surface area contributed by atoms with E-state index in [0.717, 1.165) is 30.0 Å². The molecular weight excluding hydrogens is 330 g/mol. The maximum absolute atomic E-state index is 12.2. The van der Waals surface area contributed by atoms with Crippen molar-refractivity contribution in [3.05, 3.63) is 42.5 Å². The highest BCUT2D eigenvalue weighted by molar-refractivity contribution is 6.07. The van der Waals surface area contributed by atoms with Gasteiger partial charge < -0.3 is 14.2 Å². The molecule has 7 heteroatoms.